The highest BCUT2D eigenvalue weighted by molar-refractivity contribution is 6.33. The fraction of sp³-hybridized carbons (Fsp3) is 0.350. The number of urea groups is 1. The van der Waals surface area contributed by atoms with Gasteiger partial charge in [-0.1, -0.05) is 11.6 Å². The Hall–Kier alpha value is -3.25. The number of amides is 3. The van der Waals surface area contributed by atoms with E-state index in [1.165, 1.54) is 0 Å². The summed E-state index contributed by atoms with van der Waals surface area (Å²) in [6, 6.07) is 5.03. The van der Waals surface area contributed by atoms with E-state index in [1.807, 2.05) is 4.90 Å². The van der Waals surface area contributed by atoms with E-state index in [1.54, 1.807) is 23.1 Å². The number of fused-ring (bicyclic) bond motifs is 1. The van der Waals surface area contributed by atoms with E-state index >= 15 is 0 Å². The fourth-order valence-electron chi connectivity index (χ4n) is 3.44. The van der Waals surface area contributed by atoms with Gasteiger partial charge in [-0.15, -0.1) is 0 Å². The van der Waals surface area contributed by atoms with Crippen molar-refractivity contribution in [2.75, 3.05) is 49.7 Å². The number of carbonyl (C=O) groups is 2. The molecule has 1 aromatic carbocycles. The number of pyridine rings is 1. The Bertz CT molecular complexity index is 1060. The summed E-state index contributed by atoms with van der Waals surface area (Å²) >= 11 is 6.00. The van der Waals surface area contributed by atoms with E-state index in [0.717, 1.165) is 12.3 Å². The van der Waals surface area contributed by atoms with E-state index in [2.05, 4.69) is 15.6 Å². The first-order chi connectivity index (χ1) is 15.7. The molecule has 4 rings (SSSR count). The minimum atomic E-state index is -4.52. The van der Waals surface area contributed by atoms with E-state index < -0.39 is 23.7 Å². The number of halogens is 4. The molecule has 33 heavy (non-hydrogen) atoms. The predicted molar refractivity (Wildman–Crippen MR) is 113 cm³/mol. The maximum atomic E-state index is 12.8. The van der Waals surface area contributed by atoms with E-state index in [-0.39, 0.29) is 24.2 Å². The highest BCUT2D eigenvalue weighted by Crippen LogP contribution is 2.35. The third-order valence-electron chi connectivity index (χ3n) is 5.07. The molecule has 3 amide bonds. The van der Waals surface area contributed by atoms with Gasteiger partial charge in [-0.2, -0.15) is 13.2 Å². The van der Waals surface area contributed by atoms with Crippen LogP contribution in [0.25, 0.3) is 0 Å². The summed E-state index contributed by atoms with van der Waals surface area (Å²) in [4.78, 5) is 31.7. The average Bonchev–Trinajstić information content (AvgIpc) is 3.21. The summed E-state index contributed by atoms with van der Waals surface area (Å²) in [6.45, 7) is 1.80. The van der Waals surface area contributed by atoms with Gasteiger partial charge >= 0.3 is 12.2 Å². The van der Waals surface area contributed by atoms with Gasteiger partial charge in [0.15, 0.2) is 11.5 Å². The summed E-state index contributed by atoms with van der Waals surface area (Å²) in [6.07, 6.45) is -3.77. The number of anilines is 2. The highest BCUT2D eigenvalue weighted by Gasteiger charge is 2.32. The molecule has 2 aromatic rings. The molecule has 0 saturated carbocycles. The largest absolute Gasteiger partial charge is 0.454 e. The lowest BCUT2D eigenvalue weighted by Gasteiger charge is -2.35. The Kier molecular flexibility index (Phi) is 6.47. The first-order valence-electron chi connectivity index (χ1n) is 9.89. The minimum Gasteiger partial charge on any atom is -0.454 e. The molecule has 0 radical (unpaired) electrons. The zero-order valence-electron chi connectivity index (χ0n) is 17.1. The number of piperazine rings is 1. The summed E-state index contributed by atoms with van der Waals surface area (Å²) in [5, 5.41) is 4.73. The van der Waals surface area contributed by atoms with Crippen molar-refractivity contribution in [2.24, 2.45) is 0 Å². The molecule has 1 aromatic heterocycles. The van der Waals surface area contributed by atoms with E-state index in [0.29, 0.717) is 43.4 Å². The summed E-state index contributed by atoms with van der Waals surface area (Å²) < 4.78 is 48.8. The molecule has 0 unspecified atom stereocenters. The second-order valence-electron chi connectivity index (χ2n) is 7.36. The topological polar surface area (TPSA) is 96.0 Å². The van der Waals surface area contributed by atoms with Crippen LogP contribution in [0.2, 0.25) is 5.02 Å². The number of nitrogens with zero attached hydrogens (tertiary/aromatic N) is 3. The standard InChI is InChI=1S/C20H19ClF3N5O4/c21-14-7-12(20(22,23)24)9-25-18(14)29-5-3-28(4-6-29)10-17(30)27-19(31)26-13-1-2-15-16(8-13)33-11-32-15/h1-2,7-9H,3-6,10-11H2,(H2,26,27,30,31). The van der Waals surface area contributed by atoms with Crippen molar-refractivity contribution < 1.29 is 32.2 Å². The van der Waals surface area contributed by atoms with E-state index in [4.69, 9.17) is 21.1 Å². The molecule has 0 bridgehead atoms. The van der Waals surface area contributed by atoms with Crippen LogP contribution in [0.3, 0.4) is 0 Å². The fourth-order valence-corrected chi connectivity index (χ4v) is 3.73. The van der Waals surface area contributed by atoms with Crippen LogP contribution >= 0.6 is 11.6 Å². The van der Waals surface area contributed by atoms with Crippen molar-refractivity contribution in [2.45, 2.75) is 6.18 Å². The van der Waals surface area contributed by atoms with Crippen LogP contribution in [0.15, 0.2) is 30.5 Å². The van der Waals surface area contributed by atoms with Gasteiger partial charge in [-0.3, -0.25) is 15.0 Å². The molecular formula is C20H19ClF3N5O4. The predicted octanol–water partition coefficient (Wildman–Crippen LogP) is 2.95. The maximum absolute atomic E-state index is 12.8. The Balaban J connectivity index is 1.24. The molecule has 1 fully saturated rings. The monoisotopic (exact) mass is 485 g/mol. The molecule has 176 valence electrons. The van der Waals surface area contributed by atoms with Crippen LogP contribution in [-0.2, 0) is 11.0 Å². The lowest BCUT2D eigenvalue weighted by molar-refractivity contribution is -0.137. The van der Waals surface area contributed by atoms with Gasteiger partial charge in [0.1, 0.15) is 5.82 Å². The molecule has 2 N–H and O–H groups in total. The van der Waals surface area contributed by atoms with Crippen LogP contribution in [0.5, 0.6) is 11.5 Å². The van der Waals surface area contributed by atoms with Crippen LogP contribution in [-0.4, -0.2) is 61.3 Å². The van der Waals surface area contributed by atoms with Gasteiger partial charge in [-0.05, 0) is 18.2 Å². The van der Waals surface area contributed by atoms with Crippen molar-refractivity contribution in [3.05, 3.63) is 41.0 Å². The summed E-state index contributed by atoms with van der Waals surface area (Å²) in [5.74, 6) is 0.841. The van der Waals surface area contributed by atoms with Gasteiger partial charge in [0.05, 0.1) is 17.1 Å². The van der Waals surface area contributed by atoms with E-state index in [9.17, 15) is 22.8 Å². The molecule has 13 heteroatoms. The second-order valence-corrected chi connectivity index (χ2v) is 7.77. The Morgan fingerprint density at radius 3 is 2.52 bits per heavy atom. The van der Waals surface area contributed by atoms with Crippen LogP contribution < -0.4 is 25.0 Å². The van der Waals surface area contributed by atoms with Crippen molar-refractivity contribution in [1.29, 1.82) is 0 Å². The number of alkyl halides is 3. The number of imide groups is 1. The molecule has 2 aliphatic rings. The van der Waals surface area contributed by atoms with Crippen molar-refractivity contribution in [1.82, 2.24) is 15.2 Å². The third kappa shape index (κ3) is 5.57. The number of hydrogen-bond acceptors (Lipinski definition) is 7. The van der Waals surface area contributed by atoms with Gasteiger partial charge in [0.25, 0.3) is 0 Å². The lowest BCUT2D eigenvalue weighted by Crippen LogP contribution is -2.50. The molecule has 9 nitrogen and oxygen atoms in total. The Morgan fingerprint density at radius 2 is 1.82 bits per heavy atom. The SMILES string of the molecule is O=C(CN1CCN(c2ncc(C(F)(F)F)cc2Cl)CC1)NC(=O)Nc1ccc2c(c1)OCO2. The average molecular weight is 486 g/mol. The smallest absolute Gasteiger partial charge is 0.417 e. The second kappa shape index (κ2) is 9.32. The van der Waals surface area contributed by atoms with Crippen LogP contribution in [0.1, 0.15) is 5.56 Å². The summed E-state index contributed by atoms with van der Waals surface area (Å²) in [7, 11) is 0. The molecule has 3 heterocycles. The Labute approximate surface area is 191 Å². The Morgan fingerprint density at radius 1 is 1.09 bits per heavy atom. The van der Waals surface area contributed by atoms with Gasteiger partial charge < -0.3 is 19.7 Å². The zero-order valence-corrected chi connectivity index (χ0v) is 17.9. The first kappa shape index (κ1) is 22.9. The number of ether oxygens (including phenoxy) is 2. The third-order valence-corrected chi connectivity index (χ3v) is 5.35. The number of rotatable bonds is 4. The van der Waals surface area contributed by atoms with Gasteiger partial charge in [0, 0.05) is 44.1 Å². The molecular weight excluding hydrogens is 467 g/mol. The lowest BCUT2D eigenvalue weighted by atomic mass is 10.2. The number of aromatic nitrogens is 1. The molecule has 2 aliphatic heterocycles. The zero-order chi connectivity index (χ0) is 23.6. The van der Waals surface area contributed by atoms with Crippen molar-refractivity contribution in [3.8, 4) is 11.5 Å². The number of nitrogens with one attached hydrogen (secondary N) is 2. The minimum absolute atomic E-state index is 0.0173. The quantitative estimate of drug-likeness (QED) is 0.687. The van der Waals surface area contributed by atoms with Crippen molar-refractivity contribution >= 4 is 35.0 Å². The normalized spacial score (nSPS) is 15.9. The molecule has 1 saturated heterocycles. The van der Waals surface area contributed by atoms with Gasteiger partial charge in [-0.25, -0.2) is 9.78 Å². The number of benzene rings is 1. The van der Waals surface area contributed by atoms with Crippen LogP contribution in [0.4, 0.5) is 29.5 Å². The van der Waals surface area contributed by atoms with Crippen LogP contribution in [0, 0.1) is 0 Å². The maximum Gasteiger partial charge on any atom is 0.417 e. The molecule has 0 aliphatic carbocycles. The molecule has 0 atom stereocenters. The molecule has 0 spiro atoms. The first-order valence-corrected chi connectivity index (χ1v) is 10.3. The number of hydrogen-bond donors (Lipinski definition) is 2. The number of carbonyl (C=O) groups excluding carboxylic acids is 2. The summed E-state index contributed by atoms with van der Waals surface area (Å²) in [5.41, 5.74) is -0.468. The van der Waals surface area contributed by atoms with Gasteiger partial charge in [0.2, 0.25) is 12.7 Å². The highest BCUT2D eigenvalue weighted by atomic mass is 35.5. The van der Waals surface area contributed by atoms with Crippen molar-refractivity contribution in [3.63, 3.8) is 0 Å².